The Balaban J connectivity index is 2.85. The number of nitrogens with one attached hydrogen (secondary N) is 1. The molecule has 2 nitrogen and oxygen atoms in total. The maximum Gasteiger partial charge on any atom is 0.0753 e. The fourth-order valence-corrected chi connectivity index (χ4v) is 1.36. The second-order valence-electron chi connectivity index (χ2n) is 3.05. The highest BCUT2D eigenvalue weighted by Crippen LogP contribution is 2.20. The van der Waals surface area contributed by atoms with E-state index in [1.54, 1.807) is 6.08 Å². The number of hydrogen-bond donors (Lipinski definition) is 1. The lowest BCUT2D eigenvalue weighted by Gasteiger charge is -2.20. The van der Waals surface area contributed by atoms with Gasteiger partial charge in [-0.3, -0.25) is 5.01 Å². The van der Waals surface area contributed by atoms with E-state index in [9.17, 15) is 0 Å². The lowest BCUT2D eigenvalue weighted by atomic mass is 10.3. The number of hydrogen-bond acceptors (Lipinski definition) is 2. The van der Waals surface area contributed by atoms with Crippen molar-refractivity contribution in [2.75, 3.05) is 0 Å². The van der Waals surface area contributed by atoms with Gasteiger partial charge in [-0.25, -0.2) is 5.43 Å². The van der Waals surface area contributed by atoms with Crippen molar-refractivity contribution in [3.8, 4) is 0 Å². The normalized spacial score (nSPS) is 23.1. The summed E-state index contributed by atoms with van der Waals surface area (Å²) in [6.45, 7) is 7.65. The molecular formula is C11H15ClN2. The molecule has 0 aliphatic carbocycles. The van der Waals surface area contributed by atoms with Crippen molar-refractivity contribution in [3.63, 3.8) is 0 Å². The van der Waals surface area contributed by atoms with Gasteiger partial charge in [-0.1, -0.05) is 30.3 Å². The van der Waals surface area contributed by atoms with Gasteiger partial charge in [0.2, 0.25) is 0 Å². The molecule has 0 aromatic rings. The Kier molecular flexibility index (Phi) is 3.98. The maximum absolute atomic E-state index is 6.07. The monoisotopic (exact) mass is 210 g/mol. The summed E-state index contributed by atoms with van der Waals surface area (Å²) in [6.07, 6.45) is 9.48. The fourth-order valence-electron chi connectivity index (χ4n) is 1.20. The van der Waals surface area contributed by atoms with Crippen LogP contribution < -0.4 is 5.43 Å². The number of halogens is 1. The molecule has 0 radical (unpaired) electrons. The molecule has 0 saturated carbocycles. The smallest absolute Gasteiger partial charge is 0.0753 e. The summed E-state index contributed by atoms with van der Waals surface area (Å²) in [5.41, 5.74) is 4.14. The van der Waals surface area contributed by atoms with Gasteiger partial charge >= 0.3 is 0 Å². The van der Waals surface area contributed by atoms with Crippen LogP contribution in [-0.2, 0) is 0 Å². The van der Waals surface area contributed by atoms with Crippen LogP contribution >= 0.6 is 11.6 Å². The summed E-state index contributed by atoms with van der Waals surface area (Å²) in [5.74, 6) is 0. The summed E-state index contributed by atoms with van der Waals surface area (Å²) in [6, 6.07) is 0.338. The number of rotatable bonds is 3. The quantitative estimate of drug-likeness (QED) is 0.721. The molecule has 1 aliphatic heterocycles. The molecule has 1 atom stereocenters. The Labute approximate surface area is 90.2 Å². The minimum Gasteiger partial charge on any atom is -0.282 e. The Hall–Kier alpha value is -0.990. The molecule has 0 aromatic carbocycles. The van der Waals surface area contributed by atoms with Crippen LogP contribution in [0.4, 0.5) is 0 Å². The number of nitrogens with zero attached hydrogens (tertiary/aromatic N) is 1. The van der Waals surface area contributed by atoms with E-state index in [1.165, 1.54) is 0 Å². The van der Waals surface area contributed by atoms with Crippen molar-refractivity contribution in [3.05, 3.63) is 47.8 Å². The fraction of sp³-hybridized carbons (Fsp3) is 0.273. The predicted molar refractivity (Wildman–Crippen MR) is 61.5 cm³/mol. The molecule has 1 N–H and O–H groups in total. The van der Waals surface area contributed by atoms with Crippen LogP contribution in [0.1, 0.15) is 13.8 Å². The van der Waals surface area contributed by atoms with Crippen LogP contribution in [0.5, 0.6) is 0 Å². The lowest BCUT2D eigenvalue weighted by Crippen LogP contribution is -2.33. The second-order valence-corrected chi connectivity index (χ2v) is 3.46. The first-order chi connectivity index (χ1) is 6.69. The Morgan fingerprint density at radius 1 is 1.64 bits per heavy atom. The zero-order valence-electron chi connectivity index (χ0n) is 8.50. The maximum atomic E-state index is 6.07. The van der Waals surface area contributed by atoms with Crippen molar-refractivity contribution in [1.29, 1.82) is 0 Å². The Morgan fingerprint density at radius 3 is 2.79 bits per heavy atom. The molecule has 76 valence electrons. The molecule has 3 heteroatoms. The molecule has 0 amide bonds. The van der Waals surface area contributed by atoms with Gasteiger partial charge in [0.05, 0.1) is 10.7 Å². The van der Waals surface area contributed by atoms with Crippen molar-refractivity contribution in [2.24, 2.45) is 0 Å². The topological polar surface area (TPSA) is 15.3 Å². The molecule has 0 saturated heterocycles. The highest BCUT2D eigenvalue weighted by Gasteiger charge is 2.15. The van der Waals surface area contributed by atoms with Crippen LogP contribution in [0.15, 0.2) is 47.8 Å². The van der Waals surface area contributed by atoms with Crippen molar-refractivity contribution in [2.45, 2.75) is 19.9 Å². The lowest BCUT2D eigenvalue weighted by molar-refractivity contribution is 0.356. The number of allylic oxidation sites excluding steroid dienone is 4. The van der Waals surface area contributed by atoms with Gasteiger partial charge in [-0.05, 0) is 26.0 Å². The van der Waals surface area contributed by atoms with Crippen LogP contribution in [0.3, 0.4) is 0 Å². The standard InChI is InChI=1S/C11H15ClN2/c1-4-6-11(10(12)5-2)14-8-7-9(3)13-14/h4-9,13H,1H2,2-3H3/b10-5+,11-6+. The average molecular weight is 211 g/mol. The first-order valence-electron chi connectivity index (χ1n) is 4.57. The van der Waals surface area contributed by atoms with Gasteiger partial charge in [-0.15, -0.1) is 0 Å². The molecule has 1 rings (SSSR count). The summed E-state index contributed by atoms with van der Waals surface area (Å²) in [7, 11) is 0. The molecule has 0 spiro atoms. The van der Waals surface area contributed by atoms with Gasteiger partial charge in [0.1, 0.15) is 0 Å². The zero-order valence-corrected chi connectivity index (χ0v) is 9.25. The van der Waals surface area contributed by atoms with Crippen LogP contribution in [0.2, 0.25) is 0 Å². The van der Waals surface area contributed by atoms with Gasteiger partial charge < -0.3 is 0 Å². The first-order valence-corrected chi connectivity index (χ1v) is 4.95. The van der Waals surface area contributed by atoms with Gasteiger partial charge in [-0.2, -0.15) is 0 Å². The summed E-state index contributed by atoms with van der Waals surface area (Å²) >= 11 is 6.07. The van der Waals surface area contributed by atoms with E-state index in [-0.39, 0.29) is 0 Å². The molecule has 0 fully saturated rings. The molecule has 0 bridgehead atoms. The van der Waals surface area contributed by atoms with E-state index in [0.29, 0.717) is 11.1 Å². The SMILES string of the molecule is C=C/C=C(\C(Cl)=C/C)N1C=CC(C)N1. The summed E-state index contributed by atoms with van der Waals surface area (Å²) in [4.78, 5) is 0. The van der Waals surface area contributed by atoms with E-state index in [0.717, 1.165) is 5.70 Å². The molecular weight excluding hydrogens is 196 g/mol. The second kappa shape index (κ2) is 5.03. The van der Waals surface area contributed by atoms with Crippen LogP contribution in [-0.4, -0.2) is 11.1 Å². The van der Waals surface area contributed by atoms with Crippen molar-refractivity contribution < 1.29 is 0 Å². The van der Waals surface area contributed by atoms with Crippen LogP contribution in [0.25, 0.3) is 0 Å². The predicted octanol–water partition coefficient (Wildman–Crippen LogP) is 2.92. The van der Waals surface area contributed by atoms with E-state index < -0.39 is 0 Å². The third kappa shape index (κ3) is 2.50. The zero-order chi connectivity index (χ0) is 10.6. The first kappa shape index (κ1) is 11.1. The molecule has 1 aliphatic rings. The van der Waals surface area contributed by atoms with Gasteiger partial charge in [0.15, 0.2) is 0 Å². The summed E-state index contributed by atoms with van der Waals surface area (Å²) in [5, 5.41) is 2.60. The highest BCUT2D eigenvalue weighted by molar-refractivity contribution is 6.31. The molecule has 1 heterocycles. The highest BCUT2D eigenvalue weighted by atomic mass is 35.5. The molecule has 1 unspecified atom stereocenters. The minimum absolute atomic E-state index is 0.338. The van der Waals surface area contributed by atoms with E-state index >= 15 is 0 Å². The van der Waals surface area contributed by atoms with E-state index in [4.69, 9.17) is 11.6 Å². The van der Waals surface area contributed by atoms with E-state index in [2.05, 4.69) is 25.0 Å². The van der Waals surface area contributed by atoms with Crippen LogP contribution in [0, 0.1) is 0 Å². The number of hydrazine groups is 1. The third-order valence-electron chi connectivity index (χ3n) is 1.90. The van der Waals surface area contributed by atoms with Gasteiger partial charge in [0.25, 0.3) is 0 Å². The molecule has 0 aromatic heterocycles. The van der Waals surface area contributed by atoms with Crippen molar-refractivity contribution in [1.82, 2.24) is 10.4 Å². The third-order valence-corrected chi connectivity index (χ3v) is 2.31. The largest absolute Gasteiger partial charge is 0.282 e. The molecule has 14 heavy (non-hydrogen) atoms. The Bertz CT molecular complexity index is 302. The average Bonchev–Trinajstić information content (AvgIpc) is 2.60. The van der Waals surface area contributed by atoms with Crippen molar-refractivity contribution >= 4 is 11.6 Å². The minimum atomic E-state index is 0.338. The van der Waals surface area contributed by atoms with E-state index in [1.807, 2.05) is 30.3 Å². The van der Waals surface area contributed by atoms with Gasteiger partial charge in [0, 0.05) is 12.2 Å². The summed E-state index contributed by atoms with van der Waals surface area (Å²) < 4.78 is 0. The Morgan fingerprint density at radius 2 is 2.36 bits per heavy atom.